The molecule has 0 aliphatic rings. The van der Waals surface area contributed by atoms with Gasteiger partial charge in [0.1, 0.15) is 5.69 Å². The van der Waals surface area contributed by atoms with Crippen molar-refractivity contribution < 1.29 is 9.53 Å². The van der Waals surface area contributed by atoms with Crippen LogP contribution in [0.3, 0.4) is 0 Å². The summed E-state index contributed by atoms with van der Waals surface area (Å²) in [5.41, 5.74) is 4.83. The summed E-state index contributed by atoms with van der Waals surface area (Å²) in [6.45, 7) is 4.36. The van der Waals surface area contributed by atoms with Gasteiger partial charge in [0.2, 0.25) is 0 Å². The molecule has 0 saturated heterocycles. The SMILES string of the molecule is COC(=O)c1c(-c2ccccc2)c2cc(Br)ccc2c(=O)n1Cc1ccc(C)c(C)c1. The fraction of sp³-hybridized carbons (Fsp3) is 0.154. The molecule has 0 atom stereocenters. The van der Waals surface area contributed by atoms with E-state index >= 15 is 0 Å². The van der Waals surface area contributed by atoms with E-state index in [1.165, 1.54) is 17.2 Å². The van der Waals surface area contributed by atoms with Gasteiger partial charge in [0.05, 0.1) is 13.7 Å². The lowest BCUT2D eigenvalue weighted by Gasteiger charge is -2.19. The van der Waals surface area contributed by atoms with Gasteiger partial charge in [-0.05, 0) is 59.7 Å². The summed E-state index contributed by atoms with van der Waals surface area (Å²) < 4.78 is 7.51. The standard InChI is InChI=1S/C26H22BrNO3/c1-16-9-10-18(13-17(16)2)15-28-24(26(30)31-3)23(19-7-5-4-6-8-19)22-14-20(27)11-12-21(22)25(28)29/h4-14H,15H2,1-3H3. The van der Waals surface area contributed by atoms with Crippen molar-refractivity contribution >= 4 is 32.7 Å². The van der Waals surface area contributed by atoms with Crippen molar-refractivity contribution in [1.82, 2.24) is 4.57 Å². The van der Waals surface area contributed by atoms with Crippen molar-refractivity contribution in [3.63, 3.8) is 0 Å². The highest BCUT2D eigenvalue weighted by Gasteiger charge is 2.24. The van der Waals surface area contributed by atoms with E-state index in [0.717, 1.165) is 21.2 Å². The summed E-state index contributed by atoms with van der Waals surface area (Å²) in [6.07, 6.45) is 0. The van der Waals surface area contributed by atoms with Crippen molar-refractivity contribution in [2.45, 2.75) is 20.4 Å². The maximum atomic E-state index is 13.6. The normalized spacial score (nSPS) is 11.0. The van der Waals surface area contributed by atoms with Gasteiger partial charge >= 0.3 is 5.97 Å². The molecule has 0 bridgehead atoms. The van der Waals surface area contributed by atoms with Crippen LogP contribution in [0.15, 0.2) is 76.0 Å². The summed E-state index contributed by atoms with van der Waals surface area (Å²) in [5, 5.41) is 1.26. The first kappa shape index (κ1) is 21.1. The molecular formula is C26H22BrNO3. The highest BCUT2D eigenvalue weighted by molar-refractivity contribution is 9.10. The third-order valence-electron chi connectivity index (χ3n) is 5.59. The van der Waals surface area contributed by atoms with Gasteiger partial charge in [-0.2, -0.15) is 0 Å². The maximum absolute atomic E-state index is 13.6. The topological polar surface area (TPSA) is 48.3 Å². The zero-order valence-corrected chi connectivity index (χ0v) is 19.2. The molecule has 5 heteroatoms. The molecule has 1 aromatic heterocycles. The van der Waals surface area contributed by atoms with E-state index in [1.54, 1.807) is 6.07 Å². The number of ether oxygens (including phenoxy) is 1. The first-order valence-electron chi connectivity index (χ1n) is 9.96. The third-order valence-corrected chi connectivity index (χ3v) is 6.08. The lowest BCUT2D eigenvalue weighted by Crippen LogP contribution is -2.28. The molecule has 4 aromatic rings. The Kier molecular flexibility index (Phi) is 5.79. The van der Waals surface area contributed by atoms with E-state index in [0.29, 0.717) is 16.3 Å². The van der Waals surface area contributed by atoms with Crippen LogP contribution < -0.4 is 5.56 Å². The second-order valence-corrected chi connectivity index (χ2v) is 8.50. The average Bonchev–Trinajstić information content (AvgIpc) is 2.77. The number of methoxy groups -OCH3 is 1. The number of halogens is 1. The van der Waals surface area contributed by atoms with Crippen LogP contribution >= 0.6 is 15.9 Å². The van der Waals surface area contributed by atoms with Crippen LogP contribution in [0.2, 0.25) is 0 Å². The third kappa shape index (κ3) is 3.93. The molecule has 0 unspecified atom stereocenters. The van der Waals surface area contributed by atoms with Crippen molar-refractivity contribution in [3.05, 3.63) is 104 Å². The Morgan fingerprint density at radius 2 is 1.68 bits per heavy atom. The Balaban J connectivity index is 2.11. The smallest absolute Gasteiger partial charge is 0.355 e. The van der Waals surface area contributed by atoms with E-state index in [9.17, 15) is 9.59 Å². The molecule has 0 spiro atoms. The van der Waals surface area contributed by atoms with Crippen LogP contribution in [-0.2, 0) is 11.3 Å². The number of nitrogens with zero attached hydrogens (tertiary/aromatic N) is 1. The molecule has 0 amide bonds. The molecule has 0 N–H and O–H groups in total. The first-order chi connectivity index (χ1) is 14.9. The van der Waals surface area contributed by atoms with Gasteiger partial charge in [-0.1, -0.05) is 64.5 Å². The number of fused-ring (bicyclic) bond motifs is 1. The van der Waals surface area contributed by atoms with Crippen LogP contribution in [0.4, 0.5) is 0 Å². The Morgan fingerprint density at radius 1 is 0.935 bits per heavy atom. The first-order valence-corrected chi connectivity index (χ1v) is 10.8. The largest absolute Gasteiger partial charge is 0.464 e. The van der Waals surface area contributed by atoms with Crippen LogP contribution in [0.25, 0.3) is 21.9 Å². The Bertz CT molecular complexity index is 1360. The quantitative estimate of drug-likeness (QED) is 0.346. The van der Waals surface area contributed by atoms with Gasteiger partial charge in [0, 0.05) is 15.4 Å². The van der Waals surface area contributed by atoms with E-state index in [1.807, 2.05) is 68.4 Å². The molecule has 3 aromatic carbocycles. The molecule has 0 aliphatic carbocycles. The number of esters is 1. The number of hydrogen-bond donors (Lipinski definition) is 0. The lowest BCUT2D eigenvalue weighted by atomic mass is 9.96. The average molecular weight is 476 g/mol. The van der Waals surface area contributed by atoms with Crippen LogP contribution in [-0.4, -0.2) is 17.6 Å². The van der Waals surface area contributed by atoms with Crippen LogP contribution in [0.1, 0.15) is 27.2 Å². The number of hydrogen-bond acceptors (Lipinski definition) is 3. The number of carbonyl (C=O) groups is 1. The minimum Gasteiger partial charge on any atom is -0.464 e. The number of carbonyl (C=O) groups excluding carboxylic acids is 1. The maximum Gasteiger partial charge on any atom is 0.355 e. The van der Waals surface area contributed by atoms with E-state index < -0.39 is 5.97 Å². The predicted molar refractivity (Wildman–Crippen MR) is 128 cm³/mol. The van der Waals surface area contributed by atoms with Crippen molar-refractivity contribution in [2.75, 3.05) is 7.11 Å². The molecule has 4 nitrogen and oxygen atoms in total. The number of pyridine rings is 1. The van der Waals surface area contributed by atoms with Gasteiger partial charge in [-0.3, -0.25) is 9.36 Å². The summed E-state index contributed by atoms with van der Waals surface area (Å²) in [5.74, 6) is -0.540. The summed E-state index contributed by atoms with van der Waals surface area (Å²) in [4.78, 5) is 26.6. The Morgan fingerprint density at radius 3 is 2.35 bits per heavy atom. The summed E-state index contributed by atoms with van der Waals surface area (Å²) in [6, 6.07) is 21.2. The predicted octanol–water partition coefficient (Wildman–Crippen LogP) is 5.88. The number of aromatic nitrogens is 1. The molecule has 31 heavy (non-hydrogen) atoms. The van der Waals surface area contributed by atoms with Gasteiger partial charge in [0.15, 0.2) is 0 Å². The fourth-order valence-corrected chi connectivity index (χ4v) is 4.22. The molecule has 0 aliphatic heterocycles. The van der Waals surface area contributed by atoms with Crippen molar-refractivity contribution in [2.24, 2.45) is 0 Å². The second-order valence-electron chi connectivity index (χ2n) is 7.58. The Labute approximate surface area is 189 Å². The Hall–Kier alpha value is -3.18. The van der Waals surface area contributed by atoms with Gasteiger partial charge in [-0.15, -0.1) is 0 Å². The second kappa shape index (κ2) is 8.52. The van der Waals surface area contributed by atoms with Crippen molar-refractivity contribution in [3.8, 4) is 11.1 Å². The zero-order chi connectivity index (χ0) is 22.1. The minimum absolute atomic E-state index is 0.221. The highest BCUT2D eigenvalue weighted by atomic mass is 79.9. The summed E-state index contributed by atoms with van der Waals surface area (Å²) >= 11 is 3.50. The number of rotatable bonds is 4. The zero-order valence-electron chi connectivity index (χ0n) is 17.6. The summed E-state index contributed by atoms with van der Waals surface area (Å²) in [7, 11) is 1.34. The van der Waals surface area contributed by atoms with Gasteiger partial charge < -0.3 is 4.74 Å². The molecule has 4 rings (SSSR count). The molecule has 0 saturated carbocycles. The van der Waals surface area contributed by atoms with Gasteiger partial charge in [-0.25, -0.2) is 4.79 Å². The molecule has 0 radical (unpaired) electrons. The molecule has 156 valence electrons. The molecular weight excluding hydrogens is 454 g/mol. The number of aryl methyl sites for hydroxylation is 2. The van der Waals surface area contributed by atoms with Crippen LogP contribution in [0.5, 0.6) is 0 Å². The number of benzene rings is 3. The molecule has 1 heterocycles. The minimum atomic E-state index is -0.540. The highest BCUT2D eigenvalue weighted by Crippen LogP contribution is 2.33. The fourth-order valence-electron chi connectivity index (χ4n) is 3.86. The molecule has 0 fully saturated rings. The van der Waals surface area contributed by atoms with E-state index in [-0.39, 0.29) is 17.8 Å². The monoisotopic (exact) mass is 475 g/mol. The lowest BCUT2D eigenvalue weighted by molar-refractivity contribution is 0.0588. The van der Waals surface area contributed by atoms with E-state index in [4.69, 9.17) is 4.74 Å². The van der Waals surface area contributed by atoms with Gasteiger partial charge in [0.25, 0.3) is 5.56 Å². The van der Waals surface area contributed by atoms with E-state index in [2.05, 4.69) is 22.0 Å². The van der Waals surface area contributed by atoms with Crippen molar-refractivity contribution in [1.29, 1.82) is 0 Å². The van der Waals surface area contributed by atoms with Crippen LogP contribution in [0, 0.1) is 13.8 Å².